The van der Waals surface area contributed by atoms with Crippen molar-refractivity contribution < 1.29 is 23.8 Å². The van der Waals surface area contributed by atoms with Crippen molar-refractivity contribution in [1.82, 2.24) is 19.4 Å². The van der Waals surface area contributed by atoms with Gasteiger partial charge in [-0.15, -0.1) is 0 Å². The molecule has 1 fully saturated rings. The molecule has 10 heteroatoms. The molecule has 2 aromatic heterocycles. The Kier molecular flexibility index (Phi) is 7.39. The first kappa shape index (κ1) is 26.9. The summed E-state index contributed by atoms with van der Waals surface area (Å²) in [7, 11) is 0. The maximum atomic E-state index is 14.3. The minimum Gasteiger partial charge on any atom is -0.478 e. The van der Waals surface area contributed by atoms with Gasteiger partial charge in [-0.3, -0.25) is 4.90 Å². The summed E-state index contributed by atoms with van der Waals surface area (Å²) in [6.45, 7) is 4.83. The highest BCUT2D eigenvalue weighted by Crippen LogP contribution is 2.36. The number of carboxylic acids is 1. The lowest BCUT2D eigenvalue weighted by molar-refractivity contribution is 0.0479. The zero-order chi connectivity index (χ0) is 28.5. The summed E-state index contributed by atoms with van der Waals surface area (Å²) in [6.07, 6.45) is 1.80. The first-order valence-electron chi connectivity index (χ1n) is 13.8. The zero-order valence-corrected chi connectivity index (χ0v) is 22.7. The molecule has 210 valence electrons. The van der Waals surface area contributed by atoms with E-state index < -0.39 is 11.8 Å². The molecule has 0 spiro atoms. The van der Waals surface area contributed by atoms with Gasteiger partial charge in [0.15, 0.2) is 0 Å². The number of hydrogen-bond donors (Lipinski definition) is 1. The highest BCUT2D eigenvalue weighted by molar-refractivity contribution is 5.92. The number of fused-ring (bicyclic) bond motifs is 3. The fraction of sp³-hybridized carbons (Fsp3) is 0.355. The first-order chi connectivity index (χ1) is 19.9. The van der Waals surface area contributed by atoms with Gasteiger partial charge in [0.05, 0.1) is 53.5 Å². The predicted molar refractivity (Wildman–Crippen MR) is 148 cm³/mol. The molecule has 0 bridgehead atoms. The third-order valence-corrected chi connectivity index (χ3v) is 8.03. The SMILES string of the molecule is C[C@H]1COC[C@@H](N2CCC(c3cccc(OCc4ccc(C#N)cc4F)n3)CC2)c2nc3ccc(C(=O)O)cc3n21. The lowest BCUT2D eigenvalue weighted by atomic mass is 9.92. The van der Waals surface area contributed by atoms with Gasteiger partial charge in [-0.1, -0.05) is 12.1 Å². The van der Waals surface area contributed by atoms with Crippen LogP contribution in [0.1, 0.15) is 70.8 Å². The van der Waals surface area contributed by atoms with Crippen molar-refractivity contribution in [3.8, 4) is 11.9 Å². The van der Waals surface area contributed by atoms with Crippen molar-refractivity contribution in [2.45, 2.75) is 44.4 Å². The molecular formula is C31H30FN5O4. The number of ether oxygens (including phenoxy) is 2. The molecule has 2 aliphatic rings. The maximum Gasteiger partial charge on any atom is 0.335 e. The Morgan fingerprint density at radius 3 is 2.73 bits per heavy atom. The van der Waals surface area contributed by atoms with Crippen molar-refractivity contribution in [2.24, 2.45) is 0 Å². The number of rotatable bonds is 6. The Morgan fingerprint density at radius 1 is 1.15 bits per heavy atom. The van der Waals surface area contributed by atoms with E-state index in [2.05, 4.69) is 16.4 Å². The number of likely N-dealkylation sites (tertiary alicyclic amines) is 1. The van der Waals surface area contributed by atoms with Crippen LogP contribution in [0.3, 0.4) is 0 Å². The lowest BCUT2D eigenvalue weighted by Crippen LogP contribution is -2.38. The number of nitrogens with zero attached hydrogens (tertiary/aromatic N) is 5. The van der Waals surface area contributed by atoms with Gasteiger partial charge >= 0.3 is 5.97 Å². The summed E-state index contributed by atoms with van der Waals surface area (Å²) in [5.41, 5.74) is 3.44. The number of nitriles is 1. The molecule has 4 aromatic rings. The molecule has 0 saturated carbocycles. The molecule has 41 heavy (non-hydrogen) atoms. The Balaban J connectivity index is 1.15. The van der Waals surface area contributed by atoms with Crippen LogP contribution in [0.5, 0.6) is 5.88 Å². The van der Waals surface area contributed by atoms with Crippen LogP contribution in [0.2, 0.25) is 0 Å². The molecule has 0 unspecified atom stereocenters. The average Bonchev–Trinajstić information content (AvgIpc) is 3.29. The van der Waals surface area contributed by atoms with Crippen LogP contribution in [-0.4, -0.2) is 56.8 Å². The van der Waals surface area contributed by atoms with Crippen LogP contribution in [0.25, 0.3) is 11.0 Å². The topological polar surface area (TPSA) is 114 Å². The number of aromatic nitrogens is 3. The molecule has 0 amide bonds. The molecule has 0 radical (unpaired) electrons. The third-order valence-electron chi connectivity index (χ3n) is 8.03. The number of imidazole rings is 1. The number of pyridine rings is 1. The van der Waals surface area contributed by atoms with Crippen LogP contribution >= 0.6 is 0 Å². The second kappa shape index (κ2) is 11.3. The van der Waals surface area contributed by atoms with Gasteiger partial charge in [-0.25, -0.2) is 19.2 Å². The standard InChI is InChI=1S/C31H30FN5O4/c1-19-16-40-18-28(30-35-26-8-7-22(31(38)39)14-27(26)37(19)30)36-11-9-21(10-12-36)25-3-2-4-29(34-25)41-17-23-6-5-20(15-33)13-24(23)32/h2-8,13-14,19,21,28H,9-12,16-18H2,1H3,(H,38,39)/t19-,28+/m0/s1. The average molecular weight is 556 g/mol. The van der Waals surface area contributed by atoms with Crippen LogP contribution in [0, 0.1) is 17.1 Å². The second-order valence-corrected chi connectivity index (χ2v) is 10.7. The molecular weight excluding hydrogens is 525 g/mol. The minimum absolute atomic E-state index is 0.0293. The fourth-order valence-corrected chi connectivity index (χ4v) is 5.84. The smallest absolute Gasteiger partial charge is 0.335 e. The van der Waals surface area contributed by atoms with E-state index in [4.69, 9.17) is 24.7 Å². The number of carbonyl (C=O) groups is 1. The predicted octanol–water partition coefficient (Wildman–Crippen LogP) is 5.23. The maximum absolute atomic E-state index is 14.3. The van der Waals surface area contributed by atoms with Gasteiger partial charge in [0.2, 0.25) is 5.88 Å². The van der Waals surface area contributed by atoms with Gasteiger partial charge < -0.3 is 19.1 Å². The number of benzene rings is 2. The van der Waals surface area contributed by atoms with Gasteiger partial charge in [-0.2, -0.15) is 5.26 Å². The summed E-state index contributed by atoms with van der Waals surface area (Å²) in [4.78, 5) is 23.7. The van der Waals surface area contributed by atoms with Gasteiger partial charge in [0.1, 0.15) is 18.2 Å². The first-order valence-corrected chi connectivity index (χ1v) is 13.8. The highest BCUT2D eigenvalue weighted by atomic mass is 19.1. The molecule has 0 aliphatic carbocycles. The minimum atomic E-state index is -0.955. The Bertz CT molecular complexity index is 1640. The Morgan fingerprint density at radius 2 is 1.98 bits per heavy atom. The largest absolute Gasteiger partial charge is 0.478 e. The van der Waals surface area contributed by atoms with E-state index in [-0.39, 0.29) is 35.7 Å². The fourth-order valence-electron chi connectivity index (χ4n) is 5.84. The molecule has 4 heterocycles. The van der Waals surface area contributed by atoms with Crippen LogP contribution in [0.15, 0.2) is 54.6 Å². The number of piperidine rings is 1. The van der Waals surface area contributed by atoms with Gasteiger partial charge in [0.25, 0.3) is 0 Å². The van der Waals surface area contributed by atoms with Gasteiger partial charge in [-0.05, 0) is 69.3 Å². The summed E-state index contributed by atoms with van der Waals surface area (Å²) < 4.78 is 28.3. The van der Waals surface area contributed by atoms with E-state index in [1.165, 1.54) is 6.07 Å². The monoisotopic (exact) mass is 555 g/mol. The Hall–Kier alpha value is -4.33. The van der Waals surface area contributed by atoms with Crippen LogP contribution < -0.4 is 4.74 Å². The quantitative estimate of drug-likeness (QED) is 0.344. The summed E-state index contributed by atoms with van der Waals surface area (Å²) >= 11 is 0. The highest BCUT2D eigenvalue weighted by Gasteiger charge is 2.34. The number of hydrogen-bond acceptors (Lipinski definition) is 7. The summed E-state index contributed by atoms with van der Waals surface area (Å²) in [5, 5.41) is 18.4. The van der Waals surface area contributed by atoms with E-state index in [0.29, 0.717) is 24.7 Å². The number of halogens is 1. The second-order valence-electron chi connectivity index (χ2n) is 10.7. The molecule has 2 aliphatic heterocycles. The van der Waals surface area contributed by atoms with E-state index in [1.807, 2.05) is 18.2 Å². The summed E-state index contributed by atoms with van der Waals surface area (Å²) in [6, 6.07) is 17.0. The molecule has 9 nitrogen and oxygen atoms in total. The van der Waals surface area contributed by atoms with Crippen molar-refractivity contribution in [3.05, 3.63) is 88.6 Å². The summed E-state index contributed by atoms with van der Waals surface area (Å²) in [5.74, 6) is 0.177. The Labute approximate surface area is 236 Å². The van der Waals surface area contributed by atoms with Crippen molar-refractivity contribution >= 4 is 17.0 Å². The van der Waals surface area contributed by atoms with E-state index in [0.717, 1.165) is 48.5 Å². The molecule has 2 atom stereocenters. The lowest BCUT2D eigenvalue weighted by Gasteiger charge is -2.36. The van der Waals surface area contributed by atoms with Crippen LogP contribution in [-0.2, 0) is 11.3 Å². The molecule has 1 N–H and O–H groups in total. The zero-order valence-electron chi connectivity index (χ0n) is 22.7. The number of aromatic carboxylic acids is 1. The van der Waals surface area contributed by atoms with E-state index in [9.17, 15) is 14.3 Å². The third kappa shape index (κ3) is 5.38. The molecule has 1 saturated heterocycles. The molecule has 6 rings (SSSR count). The number of carboxylic acid groups (broad SMARTS) is 1. The van der Waals surface area contributed by atoms with Gasteiger partial charge in [0, 0.05) is 23.2 Å². The van der Waals surface area contributed by atoms with Crippen molar-refractivity contribution in [1.29, 1.82) is 5.26 Å². The van der Waals surface area contributed by atoms with Crippen LogP contribution in [0.4, 0.5) is 4.39 Å². The van der Waals surface area contributed by atoms with E-state index in [1.54, 1.807) is 36.4 Å². The van der Waals surface area contributed by atoms with E-state index >= 15 is 0 Å². The molecule has 2 aromatic carbocycles. The van der Waals surface area contributed by atoms with Crippen molar-refractivity contribution in [2.75, 3.05) is 26.3 Å². The van der Waals surface area contributed by atoms with Crippen molar-refractivity contribution in [3.63, 3.8) is 0 Å². The normalized spacial score (nSPS) is 19.8.